The van der Waals surface area contributed by atoms with Crippen LogP contribution in [0.15, 0.2) is 30.5 Å². The lowest BCUT2D eigenvalue weighted by molar-refractivity contribution is 0.309. The van der Waals surface area contributed by atoms with Gasteiger partial charge in [0.1, 0.15) is 5.75 Å². The number of thiazole rings is 1. The zero-order valence-corrected chi connectivity index (χ0v) is 12.1. The highest BCUT2D eigenvalue weighted by atomic mass is 32.1. The number of unbranched alkanes of at least 4 members (excludes halogenated alkanes) is 1. The zero-order chi connectivity index (χ0) is 12.8. The van der Waals surface area contributed by atoms with E-state index in [4.69, 9.17) is 17.0 Å². The highest BCUT2D eigenvalue weighted by Crippen LogP contribution is 2.18. The summed E-state index contributed by atoms with van der Waals surface area (Å²) in [6.45, 7) is 2.97. The number of aromatic nitrogens is 1. The minimum atomic E-state index is 0.801. The number of nitrogens with one attached hydrogen (secondary N) is 1. The van der Waals surface area contributed by atoms with Gasteiger partial charge in [-0.3, -0.25) is 0 Å². The molecule has 0 bridgehead atoms. The summed E-state index contributed by atoms with van der Waals surface area (Å²) in [4.78, 5) is 4.31. The van der Waals surface area contributed by atoms with Crippen LogP contribution in [0, 0.1) is 3.95 Å². The van der Waals surface area contributed by atoms with Gasteiger partial charge >= 0.3 is 0 Å². The van der Waals surface area contributed by atoms with Gasteiger partial charge in [0.2, 0.25) is 0 Å². The minimum absolute atomic E-state index is 0.801. The molecule has 96 valence electrons. The monoisotopic (exact) mass is 279 g/mol. The van der Waals surface area contributed by atoms with Gasteiger partial charge in [-0.1, -0.05) is 25.5 Å². The number of benzene rings is 1. The predicted molar refractivity (Wildman–Crippen MR) is 79.2 cm³/mol. The second kappa shape index (κ2) is 6.71. The van der Waals surface area contributed by atoms with E-state index in [1.165, 1.54) is 10.4 Å². The summed E-state index contributed by atoms with van der Waals surface area (Å²) in [6, 6.07) is 8.31. The van der Waals surface area contributed by atoms with Crippen LogP contribution < -0.4 is 4.74 Å². The molecule has 1 aromatic carbocycles. The van der Waals surface area contributed by atoms with Crippen LogP contribution in [-0.2, 0) is 6.42 Å². The Bertz CT molecular complexity index is 527. The van der Waals surface area contributed by atoms with E-state index < -0.39 is 0 Å². The molecule has 0 saturated heterocycles. The van der Waals surface area contributed by atoms with Crippen molar-refractivity contribution >= 4 is 23.6 Å². The Balaban J connectivity index is 1.93. The fourth-order valence-corrected chi connectivity index (χ4v) is 2.74. The van der Waals surface area contributed by atoms with Crippen LogP contribution in [0.4, 0.5) is 0 Å². The first-order valence-electron chi connectivity index (χ1n) is 6.17. The van der Waals surface area contributed by atoms with E-state index in [2.05, 4.69) is 24.0 Å². The maximum Gasteiger partial charge on any atom is 0.158 e. The molecule has 2 nitrogen and oxygen atoms in total. The Labute approximate surface area is 117 Å². The molecular formula is C14H17NOS2. The summed E-state index contributed by atoms with van der Waals surface area (Å²) in [5.74, 6) is 0.953. The van der Waals surface area contributed by atoms with E-state index in [0.29, 0.717) is 0 Å². The maximum absolute atomic E-state index is 5.64. The van der Waals surface area contributed by atoms with Gasteiger partial charge in [0.05, 0.1) is 6.61 Å². The molecule has 0 spiro atoms. The molecule has 0 aliphatic carbocycles. The number of H-pyrrole nitrogens is 1. The van der Waals surface area contributed by atoms with E-state index in [-0.39, 0.29) is 0 Å². The average molecular weight is 279 g/mol. The Hall–Kier alpha value is -1.13. The normalized spacial score (nSPS) is 10.5. The maximum atomic E-state index is 5.64. The van der Waals surface area contributed by atoms with Gasteiger partial charge < -0.3 is 9.72 Å². The summed E-state index contributed by atoms with van der Waals surface area (Å²) < 4.78 is 6.47. The van der Waals surface area contributed by atoms with Crippen LogP contribution in [0.1, 0.15) is 30.2 Å². The number of hydrogen-bond acceptors (Lipinski definition) is 3. The van der Waals surface area contributed by atoms with Gasteiger partial charge in [-0.15, -0.1) is 11.3 Å². The first kappa shape index (κ1) is 13.3. The van der Waals surface area contributed by atoms with Gasteiger partial charge in [-0.2, -0.15) is 0 Å². The summed E-state index contributed by atoms with van der Waals surface area (Å²) in [5.41, 5.74) is 1.28. The SMILES string of the molecule is CCCCOc1ccc(Cc2c[nH]c(=S)s2)cc1. The molecule has 18 heavy (non-hydrogen) atoms. The van der Waals surface area contributed by atoms with Gasteiger partial charge in [-0.25, -0.2) is 0 Å². The Kier molecular flexibility index (Phi) is 4.96. The van der Waals surface area contributed by atoms with Crippen LogP contribution in [0.25, 0.3) is 0 Å². The number of rotatable bonds is 6. The summed E-state index contributed by atoms with van der Waals surface area (Å²) in [5, 5.41) is 0. The molecule has 1 heterocycles. The molecule has 0 unspecified atom stereocenters. The van der Waals surface area contributed by atoms with Crippen molar-refractivity contribution in [2.75, 3.05) is 6.61 Å². The first-order valence-corrected chi connectivity index (χ1v) is 7.39. The summed E-state index contributed by atoms with van der Waals surface area (Å²) in [6.07, 6.45) is 5.18. The van der Waals surface area contributed by atoms with Gasteiger partial charge in [0.15, 0.2) is 3.95 Å². The van der Waals surface area contributed by atoms with Crippen molar-refractivity contribution in [3.63, 3.8) is 0 Å². The van der Waals surface area contributed by atoms with Crippen molar-refractivity contribution in [1.82, 2.24) is 4.98 Å². The van der Waals surface area contributed by atoms with E-state index in [0.717, 1.165) is 35.6 Å². The Morgan fingerprint density at radius 1 is 1.28 bits per heavy atom. The van der Waals surface area contributed by atoms with Gasteiger partial charge in [0.25, 0.3) is 0 Å². The van der Waals surface area contributed by atoms with E-state index >= 15 is 0 Å². The second-order valence-corrected chi connectivity index (χ2v) is 5.97. The van der Waals surface area contributed by atoms with Gasteiger partial charge in [0, 0.05) is 17.5 Å². The summed E-state index contributed by atoms with van der Waals surface area (Å²) in [7, 11) is 0. The topological polar surface area (TPSA) is 25.0 Å². The molecular weight excluding hydrogens is 262 g/mol. The lowest BCUT2D eigenvalue weighted by Crippen LogP contribution is -1.96. The number of ether oxygens (including phenoxy) is 1. The molecule has 1 N–H and O–H groups in total. The van der Waals surface area contributed by atoms with Crippen LogP contribution >= 0.6 is 23.6 Å². The number of aromatic amines is 1. The van der Waals surface area contributed by atoms with E-state index in [1.54, 1.807) is 11.3 Å². The van der Waals surface area contributed by atoms with E-state index in [1.807, 2.05) is 18.3 Å². The molecule has 0 amide bonds. The highest BCUT2D eigenvalue weighted by molar-refractivity contribution is 7.73. The fourth-order valence-electron chi connectivity index (χ4n) is 1.64. The van der Waals surface area contributed by atoms with Crippen molar-refractivity contribution in [1.29, 1.82) is 0 Å². The Morgan fingerprint density at radius 2 is 2.06 bits per heavy atom. The molecule has 1 aromatic heterocycles. The molecule has 2 rings (SSSR count). The molecule has 0 saturated carbocycles. The van der Waals surface area contributed by atoms with Crippen molar-refractivity contribution in [2.45, 2.75) is 26.2 Å². The lowest BCUT2D eigenvalue weighted by Gasteiger charge is -2.06. The lowest BCUT2D eigenvalue weighted by atomic mass is 10.1. The fraction of sp³-hybridized carbons (Fsp3) is 0.357. The van der Waals surface area contributed by atoms with Crippen LogP contribution in [0.2, 0.25) is 0 Å². The molecule has 2 aromatic rings. The minimum Gasteiger partial charge on any atom is -0.494 e. The smallest absolute Gasteiger partial charge is 0.158 e. The van der Waals surface area contributed by atoms with E-state index in [9.17, 15) is 0 Å². The third kappa shape index (κ3) is 3.96. The molecule has 0 fully saturated rings. The van der Waals surface area contributed by atoms with Crippen LogP contribution in [-0.4, -0.2) is 11.6 Å². The second-order valence-electron chi connectivity index (χ2n) is 4.17. The Morgan fingerprint density at radius 3 is 2.67 bits per heavy atom. The third-order valence-corrected chi connectivity index (χ3v) is 3.84. The summed E-state index contributed by atoms with van der Waals surface area (Å²) >= 11 is 6.70. The molecule has 0 aliphatic heterocycles. The largest absolute Gasteiger partial charge is 0.494 e. The van der Waals surface area contributed by atoms with Crippen molar-refractivity contribution in [3.8, 4) is 5.75 Å². The molecule has 4 heteroatoms. The van der Waals surface area contributed by atoms with Gasteiger partial charge in [-0.05, 0) is 36.3 Å². The standard InChI is InChI=1S/C14H17NOS2/c1-2-3-8-16-12-6-4-11(5-7-12)9-13-10-15-14(17)18-13/h4-7,10H,2-3,8-9H2,1H3,(H,15,17). The highest BCUT2D eigenvalue weighted by Gasteiger charge is 1.99. The van der Waals surface area contributed by atoms with Crippen molar-refractivity contribution < 1.29 is 4.74 Å². The molecule has 0 radical (unpaired) electrons. The average Bonchev–Trinajstić information content (AvgIpc) is 2.77. The van der Waals surface area contributed by atoms with Crippen molar-refractivity contribution in [3.05, 3.63) is 44.9 Å². The quantitative estimate of drug-likeness (QED) is 0.618. The third-order valence-electron chi connectivity index (χ3n) is 2.64. The predicted octanol–water partition coefficient (Wildman–Crippen LogP) is 4.58. The van der Waals surface area contributed by atoms with Crippen molar-refractivity contribution in [2.24, 2.45) is 0 Å². The van der Waals surface area contributed by atoms with Crippen LogP contribution in [0.3, 0.4) is 0 Å². The van der Waals surface area contributed by atoms with Crippen LogP contribution in [0.5, 0.6) is 5.75 Å². The molecule has 0 aliphatic rings. The molecule has 0 atom stereocenters. The number of hydrogen-bond donors (Lipinski definition) is 1. The zero-order valence-electron chi connectivity index (χ0n) is 10.4. The first-order chi connectivity index (χ1) is 8.78.